The van der Waals surface area contributed by atoms with Crippen LogP contribution in [0.3, 0.4) is 0 Å². The van der Waals surface area contributed by atoms with Gasteiger partial charge in [0.2, 0.25) is 5.91 Å². The highest BCUT2D eigenvalue weighted by atomic mass is 32.2. The number of aliphatic hydroxyl groups excluding tert-OH is 3. The summed E-state index contributed by atoms with van der Waals surface area (Å²) in [5, 5.41) is 34.8. The van der Waals surface area contributed by atoms with E-state index in [2.05, 4.69) is 65.1 Å². The molecule has 4 fully saturated rings. The van der Waals surface area contributed by atoms with Gasteiger partial charge in [0.05, 0.1) is 6.10 Å². The number of amides is 1. The van der Waals surface area contributed by atoms with Crippen molar-refractivity contribution in [3.8, 4) is 0 Å². The molecule has 5 rings (SSSR count). The number of fused-ring (bicyclic) bond motifs is 5. The number of carbonyl (C=O) groups is 1. The largest absolute Gasteiger partial charge is 0.388 e. The third-order valence-electron chi connectivity index (χ3n) is 17.8. The first-order valence-electron chi connectivity index (χ1n) is 27.9. The molecule has 8 heteroatoms. The Balaban J connectivity index is 0.893. The van der Waals surface area contributed by atoms with Crippen LogP contribution >= 0.6 is 11.8 Å². The minimum absolute atomic E-state index is 0.0556. The fourth-order valence-corrected chi connectivity index (χ4v) is 14.9. The van der Waals surface area contributed by atoms with Gasteiger partial charge in [-0.1, -0.05) is 149 Å². The summed E-state index contributed by atoms with van der Waals surface area (Å²) < 4.78 is 12.6. The molecule has 0 radical (unpaired) electrons. The average Bonchev–Trinajstić information content (AvgIpc) is 3.65. The first-order valence-corrected chi connectivity index (χ1v) is 29.0. The van der Waals surface area contributed by atoms with E-state index in [4.69, 9.17) is 9.47 Å². The minimum Gasteiger partial charge on any atom is -0.388 e. The maximum Gasteiger partial charge on any atom is 0.220 e. The summed E-state index contributed by atoms with van der Waals surface area (Å²) in [4.78, 5) is 12.6. The zero-order valence-corrected chi connectivity index (χ0v) is 43.6. The molecule has 0 aromatic heterocycles. The number of unbranched alkanes of at least 4 members (excludes halogenated alkanes) is 14. The van der Waals surface area contributed by atoms with Crippen molar-refractivity contribution >= 4 is 17.7 Å². The van der Waals surface area contributed by atoms with Crippen molar-refractivity contribution in [2.45, 2.75) is 264 Å². The van der Waals surface area contributed by atoms with Crippen LogP contribution in [0.15, 0.2) is 23.8 Å². The fraction of sp³-hybridized carbons (Fsp3) is 0.912. The molecule has 4 N–H and O–H groups in total. The molecule has 0 bridgehead atoms. The van der Waals surface area contributed by atoms with Gasteiger partial charge in [0.25, 0.3) is 0 Å². The van der Waals surface area contributed by atoms with Crippen molar-refractivity contribution in [1.82, 2.24) is 5.32 Å². The Hall–Kier alpha value is -0.900. The molecular formula is C57H101NO6S. The second-order valence-electron chi connectivity index (χ2n) is 23.0. The Morgan fingerprint density at radius 2 is 1.49 bits per heavy atom. The number of aliphatic hydroxyl groups is 3. The fourth-order valence-electron chi connectivity index (χ4n) is 13.7. The van der Waals surface area contributed by atoms with Crippen molar-refractivity contribution < 1.29 is 29.6 Å². The lowest BCUT2D eigenvalue weighted by atomic mass is 9.47. The Morgan fingerprint density at radius 1 is 0.800 bits per heavy atom. The van der Waals surface area contributed by atoms with Crippen LogP contribution in [0.1, 0.15) is 228 Å². The van der Waals surface area contributed by atoms with E-state index in [1.165, 1.54) is 134 Å². The summed E-state index contributed by atoms with van der Waals surface area (Å²) in [7, 11) is 0. The van der Waals surface area contributed by atoms with E-state index >= 15 is 0 Å². The van der Waals surface area contributed by atoms with E-state index in [9.17, 15) is 20.1 Å². The third-order valence-corrected chi connectivity index (χ3v) is 19.0. The van der Waals surface area contributed by atoms with Crippen LogP contribution in [0.5, 0.6) is 0 Å². The van der Waals surface area contributed by atoms with Gasteiger partial charge < -0.3 is 30.1 Å². The second kappa shape index (κ2) is 28.7. The zero-order chi connectivity index (χ0) is 46.7. The molecule has 13 atom stereocenters. The predicted molar refractivity (Wildman–Crippen MR) is 273 cm³/mol. The number of hydrogen-bond donors (Lipinski definition) is 4. The number of ether oxygens (including phenoxy) is 2. The van der Waals surface area contributed by atoms with Crippen molar-refractivity contribution in [3.05, 3.63) is 23.8 Å². The summed E-state index contributed by atoms with van der Waals surface area (Å²) in [6.07, 6.45) is 38.7. The summed E-state index contributed by atoms with van der Waals surface area (Å²) >= 11 is 1.50. The predicted octanol–water partition coefficient (Wildman–Crippen LogP) is 13.7. The first-order chi connectivity index (χ1) is 31.4. The van der Waals surface area contributed by atoms with E-state index in [1.807, 2.05) is 0 Å². The molecule has 3 saturated carbocycles. The Labute approximate surface area is 403 Å². The van der Waals surface area contributed by atoms with Crippen LogP contribution in [0.2, 0.25) is 0 Å². The molecule has 0 aromatic rings. The van der Waals surface area contributed by atoms with Gasteiger partial charge in [-0.2, -0.15) is 0 Å². The Bertz CT molecular complexity index is 1400. The van der Waals surface area contributed by atoms with Crippen molar-refractivity contribution in [2.24, 2.45) is 46.3 Å². The van der Waals surface area contributed by atoms with Crippen LogP contribution in [0.25, 0.3) is 0 Å². The van der Waals surface area contributed by atoms with Gasteiger partial charge in [-0.15, -0.1) is 11.8 Å². The van der Waals surface area contributed by atoms with E-state index in [1.54, 1.807) is 5.57 Å². The number of allylic oxidation sites excluding steroid dienone is 3. The highest BCUT2D eigenvalue weighted by Gasteiger charge is 2.59. The van der Waals surface area contributed by atoms with Crippen LogP contribution < -0.4 is 5.32 Å². The molecule has 0 unspecified atom stereocenters. The quantitative estimate of drug-likeness (QED) is 0.0405. The van der Waals surface area contributed by atoms with E-state index in [0.717, 1.165) is 106 Å². The normalized spacial score (nSPS) is 34.0. The molecule has 1 amide bonds. The Kier molecular flexibility index (Phi) is 24.3. The van der Waals surface area contributed by atoms with Crippen LogP contribution in [0.4, 0.5) is 0 Å². The molecule has 1 heterocycles. The number of carbonyl (C=O) groups excluding carboxylic acids is 1. The molecule has 1 saturated heterocycles. The van der Waals surface area contributed by atoms with Gasteiger partial charge in [-0.05, 0) is 148 Å². The summed E-state index contributed by atoms with van der Waals surface area (Å²) in [5.41, 5.74) is 2.00. The third kappa shape index (κ3) is 16.3. The highest BCUT2D eigenvalue weighted by Crippen LogP contribution is 2.67. The van der Waals surface area contributed by atoms with Crippen molar-refractivity contribution in [3.63, 3.8) is 0 Å². The summed E-state index contributed by atoms with van der Waals surface area (Å²) in [5.74, 6) is 5.99. The number of nitrogens with one attached hydrogen (secondary N) is 1. The smallest absolute Gasteiger partial charge is 0.220 e. The first kappa shape index (κ1) is 55.0. The maximum absolute atomic E-state index is 12.6. The van der Waals surface area contributed by atoms with Crippen molar-refractivity contribution in [2.75, 3.05) is 18.9 Å². The van der Waals surface area contributed by atoms with E-state index in [0.29, 0.717) is 23.4 Å². The lowest BCUT2D eigenvalue weighted by Crippen LogP contribution is -2.59. The topological polar surface area (TPSA) is 108 Å². The van der Waals surface area contributed by atoms with Gasteiger partial charge in [-0.25, -0.2) is 0 Å². The standard InChI is InChI=1S/C57H101NO6S/c1-7-8-9-10-11-12-13-14-15-16-17-18-19-20-23-29-51(59)58-41-50-52(60)53(61)54(62)55(64-50)65-39-25-22-21-24-38-63-45-34-36-56(5)44(40-45)30-31-46-48-33-32-47(43(4)28-26-27-42(2)3)57(48,6)37-35-49(46)56/h14-15,30,42-43,45-50,52-55,60-62H,7-13,16-29,31-41H2,1-6H3,(H,58,59)/b15-14-/t43-,45+,46+,47-,48+,49+,50-,52+,53+,54-,55+,56+,57-/m1/s1. The van der Waals surface area contributed by atoms with E-state index < -0.39 is 29.9 Å². The van der Waals surface area contributed by atoms with Crippen LogP contribution in [-0.2, 0) is 14.3 Å². The lowest BCUT2D eigenvalue weighted by Gasteiger charge is -2.58. The molecule has 7 nitrogen and oxygen atoms in total. The van der Waals surface area contributed by atoms with Gasteiger partial charge >= 0.3 is 0 Å². The average molecular weight is 929 g/mol. The van der Waals surface area contributed by atoms with Gasteiger partial charge in [0.15, 0.2) is 0 Å². The lowest BCUT2D eigenvalue weighted by molar-refractivity contribution is -0.196. The zero-order valence-electron chi connectivity index (χ0n) is 42.8. The molecule has 0 aromatic carbocycles. The SMILES string of the molecule is CCCCCCCC/C=C\CCCCCCCC(=O)NC[C@H]1O[C@@H](SCCCCCCO[C@H]2CC[C@@]3(C)C(=CC[C@H]4[C@@H]5CC[C@H]([C@H](C)CCCC(C)C)[C@@]5(C)CC[C@@H]43)C2)[C@H](O)[C@@H](O)[C@H]1O. The number of rotatable bonds is 31. The summed E-state index contributed by atoms with van der Waals surface area (Å²) in [6.45, 7) is 15.9. The Morgan fingerprint density at radius 3 is 2.23 bits per heavy atom. The molecule has 1 aliphatic heterocycles. The monoisotopic (exact) mass is 928 g/mol. The molecule has 376 valence electrons. The number of hydrogen-bond acceptors (Lipinski definition) is 7. The molecular weight excluding hydrogens is 827 g/mol. The van der Waals surface area contributed by atoms with E-state index in [-0.39, 0.29) is 12.5 Å². The van der Waals surface area contributed by atoms with Gasteiger partial charge in [-0.3, -0.25) is 4.79 Å². The summed E-state index contributed by atoms with van der Waals surface area (Å²) in [6, 6.07) is 0. The van der Waals surface area contributed by atoms with Gasteiger partial charge in [0, 0.05) is 19.6 Å². The van der Waals surface area contributed by atoms with Gasteiger partial charge in [0.1, 0.15) is 29.9 Å². The molecule has 5 aliphatic rings. The second-order valence-corrected chi connectivity index (χ2v) is 24.2. The molecule has 4 aliphatic carbocycles. The minimum atomic E-state index is -1.30. The van der Waals surface area contributed by atoms with Crippen LogP contribution in [-0.4, -0.2) is 76.1 Å². The molecule has 65 heavy (non-hydrogen) atoms. The maximum atomic E-state index is 12.6. The van der Waals surface area contributed by atoms with Crippen LogP contribution in [0, 0.1) is 46.3 Å². The molecule has 0 spiro atoms. The van der Waals surface area contributed by atoms with Crippen molar-refractivity contribution in [1.29, 1.82) is 0 Å². The number of thioether (sulfide) groups is 1. The highest BCUT2D eigenvalue weighted by molar-refractivity contribution is 7.99.